The number of carbonyl (C=O) groups is 1. The van der Waals surface area contributed by atoms with Crippen LogP contribution in [0, 0.1) is 0 Å². The van der Waals surface area contributed by atoms with Crippen LogP contribution in [0.5, 0.6) is 0 Å². The van der Waals surface area contributed by atoms with Gasteiger partial charge < -0.3 is 19.9 Å². The average molecular weight is 205 g/mol. The minimum Gasteiger partial charge on any atom is -0.480 e. The van der Waals surface area contributed by atoms with E-state index in [-0.39, 0.29) is 12.6 Å². The summed E-state index contributed by atoms with van der Waals surface area (Å²) in [5, 5.41) is 11.7. The Hall–Kier alpha value is -0.650. The summed E-state index contributed by atoms with van der Waals surface area (Å²) in [6.07, 6.45) is 0. The van der Waals surface area contributed by atoms with E-state index in [1.165, 1.54) is 0 Å². The van der Waals surface area contributed by atoms with Gasteiger partial charge in [0.15, 0.2) is 0 Å². The van der Waals surface area contributed by atoms with Crippen molar-refractivity contribution in [3.05, 3.63) is 0 Å². The molecule has 0 aliphatic carbocycles. The Bertz CT molecular complexity index is 161. The van der Waals surface area contributed by atoms with Crippen molar-refractivity contribution in [2.24, 2.45) is 0 Å². The molecule has 14 heavy (non-hydrogen) atoms. The van der Waals surface area contributed by atoms with Crippen molar-refractivity contribution in [1.29, 1.82) is 0 Å². The number of hydrogen-bond acceptors (Lipinski definition) is 4. The molecule has 1 atom stereocenters. The monoisotopic (exact) mass is 205 g/mol. The maximum absolute atomic E-state index is 10.7. The number of ether oxygens (including phenoxy) is 2. The quantitative estimate of drug-likeness (QED) is 0.550. The fraction of sp³-hybridized carbons (Fsp3) is 0.889. The molecule has 0 heterocycles. The molecule has 0 aliphatic heterocycles. The van der Waals surface area contributed by atoms with E-state index in [1.54, 1.807) is 7.11 Å². The van der Waals surface area contributed by atoms with Crippen molar-refractivity contribution in [1.82, 2.24) is 5.32 Å². The van der Waals surface area contributed by atoms with Crippen LogP contribution in [0.4, 0.5) is 0 Å². The summed E-state index contributed by atoms with van der Waals surface area (Å²) >= 11 is 0. The number of hydrogen-bond donors (Lipinski definition) is 2. The third kappa shape index (κ3) is 6.82. The van der Waals surface area contributed by atoms with E-state index >= 15 is 0 Å². The first-order valence-electron chi connectivity index (χ1n) is 4.63. The molecule has 1 unspecified atom stereocenters. The largest absolute Gasteiger partial charge is 0.480 e. The molecule has 2 N–H and O–H groups in total. The molecule has 5 nitrogen and oxygen atoms in total. The van der Waals surface area contributed by atoms with E-state index in [1.807, 2.05) is 13.8 Å². The van der Waals surface area contributed by atoms with Crippen molar-refractivity contribution in [3.8, 4) is 0 Å². The summed E-state index contributed by atoms with van der Waals surface area (Å²) in [6.45, 7) is 4.85. The van der Waals surface area contributed by atoms with Crippen LogP contribution < -0.4 is 5.32 Å². The van der Waals surface area contributed by atoms with Gasteiger partial charge in [-0.2, -0.15) is 0 Å². The van der Waals surface area contributed by atoms with Crippen LogP contribution in [0.15, 0.2) is 0 Å². The van der Waals surface area contributed by atoms with Crippen LogP contribution in [-0.4, -0.2) is 50.1 Å². The van der Waals surface area contributed by atoms with Gasteiger partial charge in [0.1, 0.15) is 6.04 Å². The number of carboxylic acid groups (broad SMARTS) is 1. The number of aliphatic carboxylic acids is 1. The first-order valence-corrected chi connectivity index (χ1v) is 4.63. The van der Waals surface area contributed by atoms with Gasteiger partial charge >= 0.3 is 5.97 Å². The Labute approximate surface area is 84.4 Å². The van der Waals surface area contributed by atoms with Crippen LogP contribution >= 0.6 is 0 Å². The molecule has 5 heteroatoms. The fourth-order valence-electron chi connectivity index (χ4n) is 0.937. The molecular weight excluding hydrogens is 186 g/mol. The highest BCUT2D eigenvalue weighted by molar-refractivity contribution is 5.73. The second-order valence-corrected chi connectivity index (χ2v) is 3.28. The third-order valence-electron chi connectivity index (χ3n) is 1.55. The highest BCUT2D eigenvalue weighted by Crippen LogP contribution is 1.90. The number of methoxy groups -OCH3 is 1. The van der Waals surface area contributed by atoms with E-state index in [0.717, 1.165) is 0 Å². The van der Waals surface area contributed by atoms with Crippen molar-refractivity contribution in [2.75, 3.05) is 26.9 Å². The van der Waals surface area contributed by atoms with Crippen molar-refractivity contribution in [3.63, 3.8) is 0 Å². The molecule has 0 aromatic rings. The molecule has 0 saturated heterocycles. The Morgan fingerprint density at radius 1 is 1.43 bits per heavy atom. The van der Waals surface area contributed by atoms with Gasteiger partial charge in [0, 0.05) is 13.2 Å². The summed E-state index contributed by atoms with van der Waals surface area (Å²) in [7, 11) is 1.57. The molecule has 0 spiro atoms. The van der Waals surface area contributed by atoms with Gasteiger partial charge in [0.05, 0.1) is 19.8 Å². The predicted molar refractivity (Wildman–Crippen MR) is 52.4 cm³/mol. The zero-order chi connectivity index (χ0) is 11.0. The van der Waals surface area contributed by atoms with Crippen LogP contribution in [0.2, 0.25) is 0 Å². The van der Waals surface area contributed by atoms with Crippen molar-refractivity contribution in [2.45, 2.75) is 25.9 Å². The second-order valence-electron chi connectivity index (χ2n) is 3.28. The summed E-state index contributed by atoms with van der Waals surface area (Å²) in [5.41, 5.74) is 0. The highest BCUT2D eigenvalue weighted by Gasteiger charge is 2.17. The first kappa shape index (κ1) is 13.4. The molecule has 0 saturated carbocycles. The van der Waals surface area contributed by atoms with Crippen LogP contribution in [0.3, 0.4) is 0 Å². The van der Waals surface area contributed by atoms with Gasteiger partial charge in [0.25, 0.3) is 0 Å². The summed E-state index contributed by atoms with van der Waals surface area (Å²) in [4.78, 5) is 10.7. The minimum absolute atomic E-state index is 0.127. The Balaban J connectivity index is 3.68. The Kier molecular flexibility index (Phi) is 7.37. The Morgan fingerprint density at radius 2 is 2.07 bits per heavy atom. The third-order valence-corrected chi connectivity index (χ3v) is 1.55. The summed E-state index contributed by atoms with van der Waals surface area (Å²) < 4.78 is 9.90. The van der Waals surface area contributed by atoms with Crippen LogP contribution in [0.25, 0.3) is 0 Å². The first-order chi connectivity index (χ1) is 6.57. The minimum atomic E-state index is -0.892. The van der Waals surface area contributed by atoms with E-state index in [9.17, 15) is 4.79 Å². The number of nitrogens with one attached hydrogen (secondary N) is 1. The molecule has 0 radical (unpaired) electrons. The van der Waals surface area contributed by atoms with E-state index in [4.69, 9.17) is 14.6 Å². The molecule has 0 aliphatic rings. The lowest BCUT2D eigenvalue weighted by molar-refractivity contribution is -0.141. The lowest BCUT2D eigenvalue weighted by Gasteiger charge is -2.17. The number of carboxylic acids is 1. The second kappa shape index (κ2) is 7.73. The summed E-state index contributed by atoms with van der Waals surface area (Å²) in [5.74, 6) is -0.892. The molecule has 0 bridgehead atoms. The molecule has 0 rings (SSSR count). The normalized spacial score (nSPS) is 13.1. The lowest BCUT2D eigenvalue weighted by atomic mass is 10.2. The molecule has 0 aromatic carbocycles. The van der Waals surface area contributed by atoms with E-state index in [2.05, 4.69) is 5.32 Å². The van der Waals surface area contributed by atoms with E-state index in [0.29, 0.717) is 13.2 Å². The number of rotatable bonds is 8. The van der Waals surface area contributed by atoms with Gasteiger partial charge in [0.2, 0.25) is 0 Å². The SMILES string of the molecule is COCCOCC(NC(C)C)C(=O)O. The fourth-order valence-corrected chi connectivity index (χ4v) is 0.937. The smallest absolute Gasteiger partial charge is 0.323 e. The van der Waals surface area contributed by atoms with Crippen LogP contribution in [-0.2, 0) is 14.3 Å². The lowest BCUT2D eigenvalue weighted by Crippen LogP contribution is -2.44. The highest BCUT2D eigenvalue weighted by atomic mass is 16.5. The zero-order valence-corrected chi connectivity index (χ0v) is 8.95. The van der Waals surface area contributed by atoms with Crippen LogP contribution in [0.1, 0.15) is 13.8 Å². The predicted octanol–water partition coefficient (Wildman–Crippen LogP) is 0.101. The Morgan fingerprint density at radius 3 is 2.50 bits per heavy atom. The molecule has 84 valence electrons. The van der Waals surface area contributed by atoms with Gasteiger partial charge in [-0.05, 0) is 0 Å². The molecule has 0 amide bonds. The average Bonchev–Trinajstić information content (AvgIpc) is 2.09. The standard InChI is InChI=1S/C9H19NO4/c1-7(2)10-8(9(11)12)6-14-5-4-13-3/h7-8,10H,4-6H2,1-3H3,(H,11,12). The van der Waals surface area contributed by atoms with Gasteiger partial charge in [-0.15, -0.1) is 0 Å². The topological polar surface area (TPSA) is 67.8 Å². The van der Waals surface area contributed by atoms with Crippen molar-refractivity contribution >= 4 is 5.97 Å². The van der Waals surface area contributed by atoms with Gasteiger partial charge in [-0.25, -0.2) is 0 Å². The maximum Gasteiger partial charge on any atom is 0.323 e. The molecular formula is C9H19NO4. The molecule has 0 aromatic heterocycles. The van der Waals surface area contributed by atoms with Crippen molar-refractivity contribution < 1.29 is 19.4 Å². The molecule has 0 fully saturated rings. The van der Waals surface area contributed by atoms with Gasteiger partial charge in [-0.3, -0.25) is 4.79 Å². The van der Waals surface area contributed by atoms with Gasteiger partial charge in [-0.1, -0.05) is 13.8 Å². The van der Waals surface area contributed by atoms with E-state index < -0.39 is 12.0 Å². The summed E-state index contributed by atoms with van der Waals surface area (Å²) in [6, 6.07) is -0.519. The maximum atomic E-state index is 10.7. The zero-order valence-electron chi connectivity index (χ0n) is 8.95.